The molecule has 9 aromatic rings. The van der Waals surface area contributed by atoms with Crippen LogP contribution < -0.4 is 0 Å². The highest BCUT2D eigenvalue weighted by molar-refractivity contribution is 6.26. The van der Waals surface area contributed by atoms with E-state index < -0.39 is 0 Å². The summed E-state index contributed by atoms with van der Waals surface area (Å²) in [5, 5.41) is 16.0. The van der Waals surface area contributed by atoms with E-state index in [0.717, 1.165) is 54.7 Å². The maximum absolute atomic E-state index is 9.04. The van der Waals surface area contributed by atoms with Crippen molar-refractivity contribution in [1.82, 2.24) is 8.80 Å². The third kappa shape index (κ3) is 3.12. The number of aromatic nitrogens is 2. The van der Waals surface area contributed by atoms with Gasteiger partial charge in [0.2, 0.25) is 0 Å². The van der Waals surface area contributed by atoms with Gasteiger partial charge in [-0.1, -0.05) is 97.1 Å². The van der Waals surface area contributed by atoms with Gasteiger partial charge < -0.3 is 8.80 Å². The quantitative estimate of drug-likeness (QED) is 0.169. The first-order valence-electron chi connectivity index (χ1n) is 14.2. The van der Waals surface area contributed by atoms with Crippen LogP contribution >= 0.6 is 0 Å². The number of hydrogen-bond donors (Lipinski definition) is 1. The Bertz CT molecular complexity index is 2580. The molecule has 42 heavy (non-hydrogen) atoms. The van der Waals surface area contributed by atoms with E-state index in [9.17, 15) is 0 Å². The number of rotatable bonds is 2. The largest absolute Gasteiger partial charge is 0.307 e. The normalized spacial score (nSPS) is 12.3. The Morgan fingerprint density at radius 2 is 0.929 bits per heavy atom. The summed E-state index contributed by atoms with van der Waals surface area (Å²) < 4.78 is 4.83. The highest BCUT2D eigenvalue weighted by Gasteiger charge is 2.19. The highest BCUT2D eigenvalue weighted by Crippen LogP contribution is 2.41. The number of benzene rings is 6. The SMILES string of the molecule is N=C(/N=C/c1ccccc1)c1cc2c3ccccc3n3c4ccccc4n4c5ccccc5c5cccc(c(c1)c23)c54. The van der Waals surface area contributed by atoms with E-state index >= 15 is 0 Å². The summed E-state index contributed by atoms with van der Waals surface area (Å²) in [5.74, 6) is 0.240. The van der Waals surface area contributed by atoms with Crippen molar-refractivity contribution >= 4 is 77.5 Å². The Hall–Kier alpha value is -5.74. The van der Waals surface area contributed by atoms with E-state index in [1.54, 1.807) is 6.21 Å². The van der Waals surface area contributed by atoms with Gasteiger partial charge in [-0.2, -0.15) is 0 Å². The molecule has 4 heteroatoms. The molecule has 3 aromatic heterocycles. The van der Waals surface area contributed by atoms with E-state index in [2.05, 4.69) is 117 Å². The predicted octanol–water partition coefficient (Wildman–Crippen LogP) is 9.40. The Labute approximate surface area is 240 Å². The standard InChI is InChI=1S/C38H24N4/c39-38(40-23-24-11-2-1-3-12-24)25-21-30-27-14-5-7-18-33(27)42-35-20-9-8-19-34(35)41-32-17-6-4-13-26(32)28-15-10-16-29(36(28)41)31(22-25)37(30)42/h1-23,39H/b39-38?,40-23+. The summed E-state index contributed by atoms with van der Waals surface area (Å²) in [5.41, 5.74) is 8.70. The van der Waals surface area contributed by atoms with Gasteiger partial charge in [-0.05, 0) is 42.0 Å². The minimum atomic E-state index is 0.240. The molecule has 0 atom stereocenters. The van der Waals surface area contributed by atoms with Crippen LogP contribution in [-0.2, 0) is 0 Å². The molecule has 0 bridgehead atoms. The summed E-state index contributed by atoms with van der Waals surface area (Å²) in [6, 6.07) is 46.8. The second-order valence-electron chi connectivity index (χ2n) is 10.8. The van der Waals surface area contributed by atoms with Crippen molar-refractivity contribution in [2.45, 2.75) is 0 Å². The zero-order valence-corrected chi connectivity index (χ0v) is 22.6. The first-order valence-corrected chi connectivity index (χ1v) is 14.2. The van der Waals surface area contributed by atoms with Crippen LogP contribution in [0.3, 0.4) is 0 Å². The van der Waals surface area contributed by atoms with E-state index in [0.29, 0.717) is 0 Å². The van der Waals surface area contributed by atoms with Gasteiger partial charge in [0.05, 0.1) is 33.1 Å². The minimum absolute atomic E-state index is 0.240. The molecule has 0 aliphatic rings. The van der Waals surface area contributed by atoms with Gasteiger partial charge in [-0.25, -0.2) is 4.99 Å². The van der Waals surface area contributed by atoms with Gasteiger partial charge in [0, 0.05) is 44.1 Å². The Morgan fingerprint density at radius 1 is 0.476 bits per heavy atom. The monoisotopic (exact) mass is 536 g/mol. The average molecular weight is 537 g/mol. The lowest BCUT2D eigenvalue weighted by molar-refractivity contribution is 1.29. The molecule has 9 rings (SSSR count). The molecule has 0 radical (unpaired) electrons. The third-order valence-electron chi connectivity index (χ3n) is 8.53. The number of nitrogens with one attached hydrogen (secondary N) is 1. The fourth-order valence-corrected chi connectivity index (χ4v) is 6.77. The van der Waals surface area contributed by atoms with Crippen molar-refractivity contribution in [2.24, 2.45) is 4.99 Å². The average Bonchev–Trinajstić information content (AvgIpc) is 3.56. The lowest BCUT2D eigenvalue weighted by atomic mass is 10.0. The van der Waals surface area contributed by atoms with Crippen molar-refractivity contribution in [3.05, 3.63) is 145 Å². The van der Waals surface area contributed by atoms with Crippen LogP contribution in [0.4, 0.5) is 0 Å². The number of fused-ring (bicyclic) bond motifs is 10. The first-order chi connectivity index (χ1) is 20.8. The van der Waals surface area contributed by atoms with Crippen LogP contribution in [0.5, 0.6) is 0 Å². The van der Waals surface area contributed by atoms with Gasteiger partial charge in [-0.15, -0.1) is 0 Å². The molecular formula is C38H24N4. The molecule has 196 valence electrons. The molecule has 0 spiro atoms. The fraction of sp³-hybridized carbons (Fsp3) is 0. The number of para-hydroxylation sites is 5. The van der Waals surface area contributed by atoms with E-state index in [1.807, 2.05) is 30.3 Å². The van der Waals surface area contributed by atoms with E-state index in [4.69, 9.17) is 5.41 Å². The predicted molar refractivity (Wildman–Crippen MR) is 177 cm³/mol. The molecule has 0 amide bonds. The maximum Gasteiger partial charge on any atom is 0.151 e. The van der Waals surface area contributed by atoms with E-state index in [-0.39, 0.29) is 5.84 Å². The zero-order chi connectivity index (χ0) is 27.8. The second-order valence-corrected chi connectivity index (χ2v) is 10.8. The highest BCUT2D eigenvalue weighted by atomic mass is 15.0. The molecule has 0 saturated carbocycles. The summed E-state index contributed by atoms with van der Waals surface area (Å²) in [6.07, 6.45) is 1.77. The van der Waals surface area contributed by atoms with E-state index in [1.165, 1.54) is 21.8 Å². The summed E-state index contributed by atoms with van der Waals surface area (Å²) in [4.78, 5) is 4.60. The molecule has 0 fully saturated rings. The van der Waals surface area contributed by atoms with Crippen molar-refractivity contribution in [3.63, 3.8) is 0 Å². The molecule has 4 nitrogen and oxygen atoms in total. The molecule has 0 aliphatic heterocycles. The number of hydrogen-bond acceptors (Lipinski definition) is 1. The summed E-state index contributed by atoms with van der Waals surface area (Å²) in [6.45, 7) is 0. The number of nitrogens with zero attached hydrogens (tertiary/aromatic N) is 3. The molecule has 0 aliphatic carbocycles. The van der Waals surface area contributed by atoms with Crippen LogP contribution in [0.15, 0.2) is 138 Å². The molecule has 6 aromatic carbocycles. The molecule has 0 unspecified atom stereocenters. The van der Waals surface area contributed by atoms with Crippen molar-refractivity contribution in [3.8, 4) is 0 Å². The van der Waals surface area contributed by atoms with Crippen LogP contribution in [0.2, 0.25) is 0 Å². The van der Waals surface area contributed by atoms with Crippen LogP contribution in [0.25, 0.3) is 65.4 Å². The molecule has 0 saturated heterocycles. The Kier molecular flexibility index (Phi) is 4.73. The van der Waals surface area contributed by atoms with Gasteiger partial charge in [0.15, 0.2) is 5.84 Å². The van der Waals surface area contributed by atoms with Crippen LogP contribution in [0.1, 0.15) is 11.1 Å². The third-order valence-corrected chi connectivity index (χ3v) is 8.53. The Morgan fingerprint density at radius 3 is 1.57 bits per heavy atom. The molecule has 3 heterocycles. The number of aliphatic imine (C=N–C) groups is 1. The fourth-order valence-electron chi connectivity index (χ4n) is 6.77. The van der Waals surface area contributed by atoms with Crippen molar-refractivity contribution in [1.29, 1.82) is 5.41 Å². The summed E-state index contributed by atoms with van der Waals surface area (Å²) >= 11 is 0. The zero-order valence-electron chi connectivity index (χ0n) is 22.6. The van der Waals surface area contributed by atoms with Crippen LogP contribution in [-0.4, -0.2) is 20.9 Å². The van der Waals surface area contributed by atoms with Gasteiger partial charge in [-0.3, -0.25) is 5.41 Å². The molecule has 1 N–H and O–H groups in total. The van der Waals surface area contributed by atoms with Crippen molar-refractivity contribution < 1.29 is 0 Å². The van der Waals surface area contributed by atoms with Crippen molar-refractivity contribution in [2.75, 3.05) is 0 Å². The maximum atomic E-state index is 9.04. The first kappa shape index (κ1) is 23.0. The second kappa shape index (κ2) is 8.63. The van der Waals surface area contributed by atoms with Gasteiger partial charge in [0.25, 0.3) is 0 Å². The lowest BCUT2D eigenvalue weighted by Gasteiger charge is -2.12. The summed E-state index contributed by atoms with van der Waals surface area (Å²) in [7, 11) is 0. The molecular weight excluding hydrogens is 512 g/mol. The minimum Gasteiger partial charge on any atom is -0.307 e. The topological polar surface area (TPSA) is 45.0 Å². The number of amidine groups is 1. The Balaban J connectivity index is 1.54. The van der Waals surface area contributed by atoms with Crippen LogP contribution in [0, 0.1) is 5.41 Å². The van der Waals surface area contributed by atoms with Gasteiger partial charge >= 0.3 is 0 Å². The smallest absolute Gasteiger partial charge is 0.151 e. The lowest BCUT2D eigenvalue weighted by Crippen LogP contribution is -1.98. The van der Waals surface area contributed by atoms with Gasteiger partial charge in [0.1, 0.15) is 0 Å².